The number of rotatable bonds is 11. The fraction of sp³-hybridized carbons (Fsp3) is 0.833. The smallest absolute Gasteiger partial charge is 0.394 e. The van der Waals surface area contributed by atoms with E-state index in [0.29, 0.717) is 0 Å². The third-order valence-corrected chi connectivity index (χ3v) is 3.68. The molecule has 4 atom stereocenters. The molecule has 0 aliphatic carbocycles. The van der Waals surface area contributed by atoms with Gasteiger partial charge in [0.15, 0.2) is 12.4 Å². The van der Waals surface area contributed by atoms with Crippen LogP contribution in [0.3, 0.4) is 0 Å². The Balaban J connectivity index is 5.91. The van der Waals surface area contributed by atoms with Crippen molar-refractivity contribution >= 4 is 29.8 Å². The van der Waals surface area contributed by atoms with Crippen LogP contribution in [0.2, 0.25) is 0 Å². The summed E-state index contributed by atoms with van der Waals surface area (Å²) in [5.41, 5.74) is 0. The van der Waals surface area contributed by atoms with Crippen molar-refractivity contribution in [1.29, 1.82) is 0 Å². The maximum absolute atomic E-state index is 10.9. The molecule has 24 heavy (non-hydrogen) atoms. The quantitative estimate of drug-likeness (QED) is 0.122. The fourth-order valence-corrected chi connectivity index (χ4v) is 3.02. The van der Waals surface area contributed by atoms with E-state index in [1.165, 1.54) is 0 Å². The molecule has 0 unspecified atom stereocenters. The number of hydrogen-bond acceptors (Lipinski definition) is 9. The summed E-state index contributed by atoms with van der Waals surface area (Å²) in [4.78, 5) is 63.2. The highest BCUT2D eigenvalue weighted by Gasteiger charge is 2.45. The van der Waals surface area contributed by atoms with Crippen molar-refractivity contribution in [2.75, 3.05) is 6.61 Å². The zero-order valence-corrected chi connectivity index (χ0v) is 14.1. The van der Waals surface area contributed by atoms with Gasteiger partial charge in [-0.2, -0.15) is 0 Å². The lowest BCUT2D eigenvalue weighted by Crippen LogP contribution is -2.49. The van der Waals surface area contributed by atoms with Crippen LogP contribution in [0.1, 0.15) is 0 Å². The lowest BCUT2D eigenvalue weighted by molar-refractivity contribution is -0.131. The molecular formula is C6H15O15P3. The van der Waals surface area contributed by atoms with Crippen LogP contribution in [-0.2, 0) is 32.1 Å². The second-order valence-electron chi connectivity index (χ2n) is 4.07. The van der Waals surface area contributed by atoms with Gasteiger partial charge in [-0.1, -0.05) is 0 Å². The molecule has 0 aromatic heterocycles. The highest BCUT2D eigenvalue weighted by atomic mass is 31.2. The molecule has 0 heterocycles. The van der Waals surface area contributed by atoms with Crippen molar-refractivity contribution in [2.24, 2.45) is 0 Å². The average Bonchev–Trinajstić information content (AvgIpc) is 2.36. The number of phosphoric ester groups is 3. The summed E-state index contributed by atoms with van der Waals surface area (Å²) in [6, 6.07) is 0. The van der Waals surface area contributed by atoms with Crippen molar-refractivity contribution in [3.8, 4) is 0 Å². The van der Waals surface area contributed by atoms with E-state index in [9.17, 15) is 23.6 Å². The maximum atomic E-state index is 10.9. The van der Waals surface area contributed by atoms with E-state index in [1.807, 2.05) is 0 Å². The van der Waals surface area contributed by atoms with Gasteiger partial charge in [0.25, 0.3) is 0 Å². The molecule has 0 saturated carbocycles. The van der Waals surface area contributed by atoms with Gasteiger partial charge in [0, 0.05) is 0 Å². The molecule has 0 amide bonds. The van der Waals surface area contributed by atoms with E-state index in [0.717, 1.165) is 0 Å². The number of aldehydes is 1. The van der Waals surface area contributed by atoms with Gasteiger partial charge in [0.2, 0.25) is 0 Å². The summed E-state index contributed by atoms with van der Waals surface area (Å²) >= 11 is 0. The Morgan fingerprint density at radius 1 is 0.792 bits per heavy atom. The van der Waals surface area contributed by atoms with Crippen molar-refractivity contribution < 1.29 is 71.6 Å². The lowest BCUT2D eigenvalue weighted by Gasteiger charge is -2.32. The molecular weight excluding hydrogens is 405 g/mol. The number of phosphoric acid groups is 3. The first-order valence-electron chi connectivity index (χ1n) is 5.55. The second-order valence-corrected chi connectivity index (χ2v) is 7.64. The molecule has 0 aromatic rings. The first-order valence-corrected chi connectivity index (χ1v) is 10.1. The van der Waals surface area contributed by atoms with Crippen LogP contribution in [0.25, 0.3) is 0 Å². The Labute approximate surface area is 133 Å². The van der Waals surface area contributed by atoms with E-state index < -0.39 is 60.8 Å². The minimum absolute atomic E-state index is 0.431. The summed E-state index contributed by atoms with van der Waals surface area (Å²) in [7, 11) is -16.5. The minimum Gasteiger partial charge on any atom is -0.394 e. The van der Waals surface area contributed by atoms with Gasteiger partial charge < -0.3 is 44.4 Å². The van der Waals surface area contributed by atoms with Crippen LogP contribution >= 0.6 is 23.5 Å². The SMILES string of the molecule is O=C[C@@H](OP(=O)(O)O)[C@@H](OP(=O)(O)O)[C@H](OP(=O)(O)O)[C@H](O)CO. The molecule has 0 saturated heterocycles. The zero-order valence-electron chi connectivity index (χ0n) is 11.4. The topological polar surface area (TPSA) is 258 Å². The van der Waals surface area contributed by atoms with E-state index in [4.69, 9.17) is 34.5 Å². The normalized spacial score (nSPS) is 18.7. The molecule has 18 heteroatoms. The van der Waals surface area contributed by atoms with Crippen LogP contribution in [0.15, 0.2) is 0 Å². The number of aliphatic hydroxyl groups is 2. The van der Waals surface area contributed by atoms with Gasteiger partial charge in [0.05, 0.1) is 6.61 Å². The third-order valence-electron chi connectivity index (χ3n) is 2.13. The van der Waals surface area contributed by atoms with E-state index in [2.05, 4.69) is 13.6 Å². The molecule has 0 aliphatic heterocycles. The van der Waals surface area contributed by atoms with E-state index in [1.54, 1.807) is 0 Å². The molecule has 0 aliphatic rings. The third kappa shape index (κ3) is 10.0. The van der Waals surface area contributed by atoms with Crippen molar-refractivity contribution in [1.82, 2.24) is 0 Å². The highest BCUT2D eigenvalue weighted by molar-refractivity contribution is 7.47. The lowest BCUT2D eigenvalue weighted by atomic mass is 10.0. The Bertz CT molecular complexity index is 543. The molecule has 144 valence electrons. The highest BCUT2D eigenvalue weighted by Crippen LogP contribution is 2.46. The average molecular weight is 420 g/mol. The van der Waals surface area contributed by atoms with Crippen LogP contribution < -0.4 is 0 Å². The van der Waals surface area contributed by atoms with Crippen molar-refractivity contribution in [2.45, 2.75) is 24.4 Å². The molecule has 0 fully saturated rings. The van der Waals surface area contributed by atoms with Crippen LogP contribution in [0.4, 0.5) is 0 Å². The predicted octanol–water partition coefficient (Wildman–Crippen LogP) is -3.03. The zero-order chi connectivity index (χ0) is 19.3. The molecule has 8 N–H and O–H groups in total. The Morgan fingerprint density at radius 3 is 1.46 bits per heavy atom. The van der Waals surface area contributed by atoms with Gasteiger partial charge in [-0.25, -0.2) is 13.7 Å². The summed E-state index contributed by atoms with van der Waals surface area (Å²) in [5.74, 6) is 0. The Morgan fingerprint density at radius 2 is 1.17 bits per heavy atom. The van der Waals surface area contributed by atoms with Crippen LogP contribution in [0, 0.1) is 0 Å². The van der Waals surface area contributed by atoms with Gasteiger partial charge in [-0.3, -0.25) is 13.6 Å². The Kier molecular flexibility index (Phi) is 9.00. The number of carbonyl (C=O) groups excluding carboxylic acids is 1. The predicted molar refractivity (Wildman–Crippen MR) is 69.9 cm³/mol. The summed E-state index contributed by atoms with van der Waals surface area (Å²) in [6.45, 7) is -1.30. The van der Waals surface area contributed by atoms with Crippen LogP contribution in [-0.4, -0.2) is 76.9 Å². The Hall–Kier alpha value is -0.0800. The fourth-order valence-electron chi connectivity index (χ4n) is 1.40. The standard InChI is InChI=1S/C6H15O15P3/c7-1-3(9)5(20-23(13,14)15)6(21-24(16,17)18)4(2-8)19-22(10,11)12/h2-7,9H,1H2,(H2,10,11,12)(H2,13,14,15)(H2,16,17,18)/t3-,4-,5-,6-/m1/s1. The molecule has 15 nitrogen and oxygen atoms in total. The number of aliphatic hydroxyl groups excluding tert-OH is 2. The van der Waals surface area contributed by atoms with Gasteiger partial charge >= 0.3 is 23.5 Å². The van der Waals surface area contributed by atoms with Gasteiger partial charge in [0.1, 0.15) is 18.3 Å². The monoisotopic (exact) mass is 420 g/mol. The molecule has 0 radical (unpaired) electrons. The second kappa shape index (κ2) is 9.03. The summed E-state index contributed by atoms with van der Waals surface area (Å²) < 4.78 is 44.4. The number of hydrogen-bond donors (Lipinski definition) is 8. The first kappa shape index (κ1) is 23.9. The van der Waals surface area contributed by atoms with Gasteiger partial charge in [-0.05, 0) is 0 Å². The minimum atomic E-state index is -5.54. The van der Waals surface area contributed by atoms with Gasteiger partial charge in [-0.15, -0.1) is 0 Å². The van der Waals surface area contributed by atoms with E-state index >= 15 is 0 Å². The van der Waals surface area contributed by atoms with Crippen molar-refractivity contribution in [3.05, 3.63) is 0 Å². The maximum Gasteiger partial charge on any atom is 0.470 e. The molecule has 0 aromatic carbocycles. The summed E-state index contributed by atoms with van der Waals surface area (Å²) in [5, 5.41) is 18.3. The largest absolute Gasteiger partial charge is 0.470 e. The summed E-state index contributed by atoms with van der Waals surface area (Å²) in [6.07, 6.45) is -10.4. The molecule has 0 rings (SSSR count). The molecule has 0 bridgehead atoms. The van der Waals surface area contributed by atoms with E-state index in [-0.39, 0.29) is 0 Å². The number of carbonyl (C=O) groups is 1. The molecule has 0 spiro atoms. The van der Waals surface area contributed by atoms with Crippen LogP contribution in [0.5, 0.6) is 0 Å². The van der Waals surface area contributed by atoms with Crippen molar-refractivity contribution in [3.63, 3.8) is 0 Å². The first-order chi connectivity index (χ1) is 10.6.